The highest BCUT2D eigenvalue weighted by Gasteiger charge is 2.46. The lowest BCUT2D eigenvalue weighted by Crippen LogP contribution is -2.51. The third-order valence-corrected chi connectivity index (χ3v) is 7.05. The minimum Gasteiger partial charge on any atom is -0.394 e. The fraction of sp³-hybridized carbons (Fsp3) is 1.00. The standard InChI is InChI=1S/C11H24O3Si/c1-5-13-15(7-3,14-6-2)10-11(4)8-12-9-11/h5-10H2,1-4H3. The first-order valence-corrected chi connectivity index (χ1v) is 8.18. The van der Waals surface area contributed by atoms with Crippen molar-refractivity contribution in [1.82, 2.24) is 0 Å². The first kappa shape index (κ1) is 13.2. The van der Waals surface area contributed by atoms with E-state index >= 15 is 0 Å². The van der Waals surface area contributed by atoms with E-state index in [-0.39, 0.29) is 0 Å². The highest BCUT2D eigenvalue weighted by molar-refractivity contribution is 6.67. The van der Waals surface area contributed by atoms with E-state index in [1.165, 1.54) is 0 Å². The Bertz CT molecular complexity index is 186. The molecule has 0 amide bonds. The minimum absolute atomic E-state index is 0.298. The lowest BCUT2D eigenvalue weighted by Gasteiger charge is -2.43. The Hall–Kier alpha value is 0.0969. The number of rotatable bonds is 7. The molecule has 90 valence electrons. The summed E-state index contributed by atoms with van der Waals surface area (Å²) in [6.45, 7) is 11.8. The topological polar surface area (TPSA) is 27.7 Å². The van der Waals surface area contributed by atoms with Gasteiger partial charge in [0, 0.05) is 24.7 Å². The van der Waals surface area contributed by atoms with Crippen molar-refractivity contribution in [2.45, 2.75) is 39.8 Å². The molecule has 1 fully saturated rings. The van der Waals surface area contributed by atoms with Crippen LogP contribution in [0.5, 0.6) is 0 Å². The van der Waals surface area contributed by atoms with Gasteiger partial charge < -0.3 is 13.6 Å². The Morgan fingerprint density at radius 2 is 1.67 bits per heavy atom. The van der Waals surface area contributed by atoms with Crippen LogP contribution in [0.15, 0.2) is 0 Å². The monoisotopic (exact) mass is 232 g/mol. The zero-order valence-electron chi connectivity index (χ0n) is 10.5. The first-order valence-electron chi connectivity index (χ1n) is 5.95. The van der Waals surface area contributed by atoms with Crippen LogP contribution in [0.2, 0.25) is 12.1 Å². The molecule has 0 bridgehead atoms. The second-order valence-electron chi connectivity index (χ2n) is 4.61. The maximum atomic E-state index is 5.95. The van der Waals surface area contributed by atoms with Crippen LogP contribution < -0.4 is 0 Å². The molecule has 0 unspecified atom stereocenters. The van der Waals surface area contributed by atoms with Gasteiger partial charge in [0.25, 0.3) is 0 Å². The largest absolute Gasteiger partial charge is 0.394 e. The summed E-state index contributed by atoms with van der Waals surface area (Å²) < 4.78 is 17.2. The maximum Gasteiger partial charge on any atom is 0.338 e. The van der Waals surface area contributed by atoms with E-state index in [9.17, 15) is 0 Å². The van der Waals surface area contributed by atoms with Gasteiger partial charge in [0.15, 0.2) is 0 Å². The van der Waals surface area contributed by atoms with Crippen LogP contribution in [0.25, 0.3) is 0 Å². The lowest BCUT2D eigenvalue weighted by molar-refractivity contribution is -0.0943. The molecule has 0 radical (unpaired) electrons. The van der Waals surface area contributed by atoms with Crippen LogP contribution in [0.1, 0.15) is 27.7 Å². The Balaban J connectivity index is 2.60. The van der Waals surface area contributed by atoms with Crippen LogP contribution in [-0.2, 0) is 13.6 Å². The highest BCUT2D eigenvalue weighted by Crippen LogP contribution is 2.38. The van der Waals surface area contributed by atoms with E-state index < -0.39 is 8.56 Å². The zero-order valence-corrected chi connectivity index (χ0v) is 11.5. The van der Waals surface area contributed by atoms with Gasteiger partial charge in [-0.05, 0) is 19.9 Å². The summed E-state index contributed by atoms with van der Waals surface area (Å²) in [6, 6.07) is 2.10. The summed E-state index contributed by atoms with van der Waals surface area (Å²) >= 11 is 0. The highest BCUT2D eigenvalue weighted by atomic mass is 28.4. The molecular weight excluding hydrogens is 208 g/mol. The number of hydrogen-bond donors (Lipinski definition) is 0. The lowest BCUT2D eigenvalue weighted by atomic mass is 9.91. The second kappa shape index (κ2) is 5.43. The van der Waals surface area contributed by atoms with Crippen molar-refractivity contribution in [1.29, 1.82) is 0 Å². The van der Waals surface area contributed by atoms with E-state index in [1.54, 1.807) is 0 Å². The van der Waals surface area contributed by atoms with E-state index in [4.69, 9.17) is 13.6 Å². The van der Waals surface area contributed by atoms with Gasteiger partial charge in [0.1, 0.15) is 0 Å². The molecule has 0 atom stereocenters. The summed E-state index contributed by atoms with van der Waals surface area (Å²) in [5.74, 6) is 0. The van der Waals surface area contributed by atoms with Gasteiger partial charge in [-0.1, -0.05) is 13.8 Å². The smallest absolute Gasteiger partial charge is 0.338 e. The third kappa shape index (κ3) is 3.28. The van der Waals surface area contributed by atoms with E-state index in [0.717, 1.165) is 38.5 Å². The SMILES string of the molecule is CCO[Si](CC)(CC1(C)COC1)OCC. The molecule has 4 heteroatoms. The summed E-state index contributed by atoms with van der Waals surface area (Å²) in [6.07, 6.45) is 0. The van der Waals surface area contributed by atoms with Crippen molar-refractivity contribution < 1.29 is 13.6 Å². The molecular formula is C11H24O3Si. The maximum absolute atomic E-state index is 5.95. The molecule has 0 aromatic carbocycles. The quantitative estimate of drug-likeness (QED) is 0.631. The molecule has 0 aromatic rings. The Morgan fingerprint density at radius 3 is 1.93 bits per heavy atom. The molecule has 0 spiro atoms. The van der Waals surface area contributed by atoms with Gasteiger partial charge in [-0.15, -0.1) is 0 Å². The molecule has 15 heavy (non-hydrogen) atoms. The second-order valence-corrected chi connectivity index (χ2v) is 8.07. The van der Waals surface area contributed by atoms with Crippen LogP contribution >= 0.6 is 0 Å². The minimum atomic E-state index is -1.95. The van der Waals surface area contributed by atoms with Gasteiger partial charge in [-0.3, -0.25) is 0 Å². The van der Waals surface area contributed by atoms with Gasteiger partial charge in [-0.25, -0.2) is 0 Å². The summed E-state index contributed by atoms with van der Waals surface area (Å²) in [5.41, 5.74) is 0.298. The van der Waals surface area contributed by atoms with Crippen molar-refractivity contribution in [2.24, 2.45) is 5.41 Å². The average Bonchev–Trinajstić information content (AvgIpc) is 2.16. The molecule has 0 aromatic heterocycles. The molecule has 3 nitrogen and oxygen atoms in total. The van der Waals surface area contributed by atoms with Crippen molar-refractivity contribution in [3.05, 3.63) is 0 Å². The predicted molar refractivity (Wildman–Crippen MR) is 63.2 cm³/mol. The Morgan fingerprint density at radius 1 is 1.13 bits per heavy atom. The fourth-order valence-electron chi connectivity index (χ4n) is 2.20. The Labute approximate surface area is 94.4 Å². The normalized spacial score (nSPS) is 20.0. The van der Waals surface area contributed by atoms with Gasteiger partial charge >= 0.3 is 8.56 Å². The molecule has 0 aliphatic carbocycles. The van der Waals surface area contributed by atoms with Crippen LogP contribution in [0.4, 0.5) is 0 Å². The molecule has 1 aliphatic heterocycles. The zero-order chi connectivity index (χ0) is 11.4. The van der Waals surface area contributed by atoms with E-state index in [0.29, 0.717) is 5.41 Å². The molecule has 0 N–H and O–H groups in total. The van der Waals surface area contributed by atoms with Crippen molar-refractivity contribution in [3.8, 4) is 0 Å². The molecule has 1 rings (SSSR count). The Kier molecular flexibility index (Phi) is 4.77. The molecule has 0 saturated carbocycles. The average molecular weight is 232 g/mol. The van der Waals surface area contributed by atoms with Crippen LogP contribution in [0, 0.1) is 5.41 Å². The molecule has 1 saturated heterocycles. The first-order chi connectivity index (χ1) is 7.10. The summed E-state index contributed by atoms with van der Waals surface area (Å²) in [5, 5.41) is 0. The van der Waals surface area contributed by atoms with Gasteiger partial charge in [-0.2, -0.15) is 0 Å². The number of ether oxygens (including phenoxy) is 1. The van der Waals surface area contributed by atoms with Crippen LogP contribution in [0.3, 0.4) is 0 Å². The van der Waals surface area contributed by atoms with E-state index in [2.05, 4.69) is 27.7 Å². The fourth-order valence-corrected chi connectivity index (χ4v) is 5.70. The number of hydrogen-bond acceptors (Lipinski definition) is 3. The van der Waals surface area contributed by atoms with Crippen LogP contribution in [-0.4, -0.2) is 35.0 Å². The molecule has 1 aliphatic rings. The summed E-state index contributed by atoms with van der Waals surface area (Å²) in [7, 11) is -1.95. The summed E-state index contributed by atoms with van der Waals surface area (Å²) in [4.78, 5) is 0. The van der Waals surface area contributed by atoms with Crippen molar-refractivity contribution in [3.63, 3.8) is 0 Å². The molecule has 1 heterocycles. The predicted octanol–water partition coefficient (Wildman–Crippen LogP) is 2.56. The van der Waals surface area contributed by atoms with E-state index in [1.807, 2.05) is 0 Å². The van der Waals surface area contributed by atoms with Crippen molar-refractivity contribution in [2.75, 3.05) is 26.4 Å². The van der Waals surface area contributed by atoms with Crippen molar-refractivity contribution >= 4 is 8.56 Å². The van der Waals surface area contributed by atoms with Gasteiger partial charge in [0.05, 0.1) is 13.2 Å². The third-order valence-electron chi connectivity index (χ3n) is 2.95. The van der Waals surface area contributed by atoms with Gasteiger partial charge in [0.2, 0.25) is 0 Å².